The number of hydrogen-bond acceptors (Lipinski definition) is 4. The molecule has 0 saturated carbocycles. The van der Waals surface area contributed by atoms with Crippen LogP contribution in [0.2, 0.25) is 0 Å². The fourth-order valence-electron chi connectivity index (χ4n) is 2.21. The summed E-state index contributed by atoms with van der Waals surface area (Å²) in [7, 11) is 0. The van der Waals surface area contributed by atoms with E-state index in [-0.39, 0.29) is 11.3 Å². The summed E-state index contributed by atoms with van der Waals surface area (Å²) in [5, 5.41) is 16.9. The van der Waals surface area contributed by atoms with Gasteiger partial charge < -0.3 is 10.4 Å². The Morgan fingerprint density at radius 3 is 2.61 bits per heavy atom. The minimum absolute atomic E-state index is 0.158. The molecule has 2 N–H and O–H groups in total. The van der Waals surface area contributed by atoms with Crippen molar-refractivity contribution in [1.29, 1.82) is 0 Å². The Morgan fingerprint density at radius 1 is 1.26 bits per heavy atom. The van der Waals surface area contributed by atoms with Crippen LogP contribution in [0.3, 0.4) is 0 Å². The molecular formula is C17H21N3O3. The summed E-state index contributed by atoms with van der Waals surface area (Å²) in [5.41, 5.74) is 0.908. The van der Waals surface area contributed by atoms with Crippen molar-refractivity contribution in [3.8, 4) is 0 Å². The molecule has 0 fully saturated rings. The average molecular weight is 315 g/mol. The Balaban J connectivity index is 2.00. The van der Waals surface area contributed by atoms with Gasteiger partial charge in [-0.05, 0) is 25.5 Å². The van der Waals surface area contributed by atoms with Crippen LogP contribution in [-0.4, -0.2) is 32.9 Å². The minimum Gasteiger partial charge on any atom is -0.391 e. The fourth-order valence-corrected chi connectivity index (χ4v) is 2.21. The van der Waals surface area contributed by atoms with E-state index in [4.69, 9.17) is 0 Å². The third-order valence-electron chi connectivity index (χ3n) is 3.62. The summed E-state index contributed by atoms with van der Waals surface area (Å²) >= 11 is 0. The van der Waals surface area contributed by atoms with Gasteiger partial charge in [0.25, 0.3) is 11.5 Å². The molecule has 1 aromatic heterocycles. The summed E-state index contributed by atoms with van der Waals surface area (Å²) < 4.78 is 1.22. The maximum absolute atomic E-state index is 12.2. The summed E-state index contributed by atoms with van der Waals surface area (Å²) in [5.74, 6) is -0.410. The molecule has 0 aliphatic carbocycles. The standard InChI is InChI=1S/C17H21N3O3/c1-3-20-16(22)10-9-14(19-20)17(23)18-12(2)15(21)11-13-7-5-4-6-8-13/h4-10,12,15,21H,3,11H2,1-2H3,(H,18,23). The first-order valence-electron chi connectivity index (χ1n) is 7.62. The van der Waals surface area contributed by atoms with Crippen LogP contribution in [0.15, 0.2) is 47.3 Å². The van der Waals surface area contributed by atoms with Gasteiger partial charge in [-0.15, -0.1) is 0 Å². The highest BCUT2D eigenvalue weighted by Crippen LogP contribution is 2.06. The third-order valence-corrected chi connectivity index (χ3v) is 3.62. The largest absolute Gasteiger partial charge is 0.391 e. The second kappa shape index (κ2) is 7.69. The third kappa shape index (κ3) is 4.50. The monoisotopic (exact) mass is 315 g/mol. The van der Waals surface area contributed by atoms with Crippen molar-refractivity contribution in [3.05, 3.63) is 64.1 Å². The van der Waals surface area contributed by atoms with E-state index < -0.39 is 18.1 Å². The van der Waals surface area contributed by atoms with Gasteiger partial charge in [0.2, 0.25) is 0 Å². The normalized spacial score (nSPS) is 13.3. The molecule has 0 saturated heterocycles. The summed E-state index contributed by atoms with van der Waals surface area (Å²) in [6, 6.07) is 11.8. The van der Waals surface area contributed by atoms with Crippen molar-refractivity contribution < 1.29 is 9.90 Å². The van der Waals surface area contributed by atoms with Gasteiger partial charge in [-0.2, -0.15) is 5.10 Å². The summed E-state index contributed by atoms with van der Waals surface area (Å²) in [6.07, 6.45) is -0.261. The number of aryl methyl sites for hydroxylation is 1. The topological polar surface area (TPSA) is 84.2 Å². The van der Waals surface area contributed by atoms with Crippen molar-refractivity contribution in [2.75, 3.05) is 0 Å². The number of carbonyl (C=O) groups excluding carboxylic acids is 1. The van der Waals surface area contributed by atoms with E-state index in [1.165, 1.54) is 16.8 Å². The number of aliphatic hydroxyl groups excluding tert-OH is 1. The van der Waals surface area contributed by atoms with Crippen LogP contribution < -0.4 is 10.9 Å². The Labute approximate surface area is 134 Å². The van der Waals surface area contributed by atoms with Gasteiger partial charge in [-0.3, -0.25) is 9.59 Å². The number of rotatable bonds is 6. The van der Waals surface area contributed by atoms with Crippen LogP contribution in [0.25, 0.3) is 0 Å². The SMILES string of the molecule is CCn1nc(C(=O)NC(C)C(O)Cc2ccccc2)ccc1=O. The van der Waals surface area contributed by atoms with Crippen molar-refractivity contribution >= 4 is 5.91 Å². The average Bonchev–Trinajstić information content (AvgIpc) is 2.56. The lowest BCUT2D eigenvalue weighted by Gasteiger charge is -2.20. The van der Waals surface area contributed by atoms with Crippen LogP contribution >= 0.6 is 0 Å². The van der Waals surface area contributed by atoms with Crippen LogP contribution in [0, 0.1) is 0 Å². The molecule has 2 unspecified atom stereocenters. The fraction of sp³-hybridized carbons (Fsp3) is 0.353. The molecule has 1 aromatic carbocycles. The van der Waals surface area contributed by atoms with E-state index >= 15 is 0 Å². The molecule has 0 aliphatic rings. The lowest BCUT2D eigenvalue weighted by molar-refractivity contribution is 0.0844. The number of nitrogens with zero attached hydrogens (tertiary/aromatic N) is 2. The molecule has 1 amide bonds. The quantitative estimate of drug-likeness (QED) is 0.832. The van der Waals surface area contributed by atoms with E-state index in [9.17, 15) is 14.7 Å². The number of nitrogens with one attached hydrogen (secondary N) is 1. The van der Waals surface area contributed by atoms with Crippen LogP contribution in [0.1, 0.15) is 29.9 Å². The first kappa shape index (κ1) is 16.9. The molecule has 6 heteroatoms. The lowest BCUT2D eigenvalue weighted by Crippen LogP contribution is -2.42. The van der Waals surface area contributed by atoms with E-state index in [2.05, 4.69) is 10.4 Å². The van der Waals surface area contributed by atoms with Crippen LogP contribution in [-0.2, 0) is 13.0 Å². The second-order valence-corrected chi connectivity index (χ2v) is 5.39. The van der Waals surface area contributed by atoms with Gasteiger partial charge >= 0.3 is 0 Å². The molecule has 0 bridgehead atoms. The molecular weight excluding hydrogens is 294 g/mol. The zero-order valence-corrected chi connectivity index (χ0v) is 13.3. The zero-order valence-electron chi connectivity index (χ0n) is 13.3. The van der Waals surface area contributed by atoms with Crippen LogP contribution in [0.4, 0.5) is 0 Å². The number of carbonyl (C=O) groups is 1. The molecule has 2 aromatic rings. The van der Waals surface area contributed by atoms with E-state index in [1.54, 1.807) is 13.8 Å². The molecule has 2 atom stereocenters. The van der Waals surface area contributed by atoms with Crippen molar-refractivity contribution in [1.82, 2.24) is 15.1 Å². The predicted octanol–water partition coefficient (Wildman–Crippen LogP) is 0.985. The Bertz CT molecular complexity index is 713. The summed E-state index contributed by atoms with van der Waals surface area (Å²) in [4.78, 5) is 23.7. The Morgan fingerprint density at radius 2 is 1.96 bits per heavy atom. The second-order valence-electron chi connectivity index (χ2n) is 5.39. The highest BCUT2D eigenvalue weighted by molar-refractivity contribution is 5.92. The highest BCUT2D eigenvalue weighted by Gasteiger charge is 2.19. The maximum atomic E-state index is 12.2. The van der Waals surface area contributed by atoms with Gasteiger partial charge in [0.1, 0.15) is 5.69 Å². The van der Waals surface area contributed by atoms with E-state index in [1.807, 2.05) is 30.3 Å². The molecule has 0 radical (unpaired) electrons. The highest BCUT2D eigenvalue weighted by atomic mass is 16.3. The number of aliphatic hydroxyl groups is 1. The van der Waals surface area contributed by atoms with Gasteiger partial charge in [0.05, 0.1) is 12.1 Å². The first-order valence-corrected chi connectivity index (χ1v) is 7.62. The maximum Gasteiger partial charge on any atom is 0.272 e. The number of benzene rings is 1. The van der Waals surface area contributed by atoms with Gasteiger partial charge in [0, 0.05) is 19.0 Å². The van der Waals surface area contributed by atoms with Gasteiger partial charge in [-0.1, -0.05) is 30.3 Å². The number of aromatic nitrogens is 2. The molecule has 0 aliphatic heterocycles. The van der Waals surface area contributed by atoms with E-state index in [0.717, 1.165) is 5.56 Å². The molecule has 2 rings (SSSR count). The van der Waals surface area contributed by atoms with Gasteiger partial charge in [0.15, 0.2) is 0 Å². The molecule has 6 nitrogen and oxygen atoms in total. The molecule has 122 valence electrons. The first-order chi connectivity index (χ1) is 11.0. The predicted molar refractivity (Wildman–Crippen MR) is 87.3 cm³/mol. The van der Waals surface area contributed by atoms with Crippen LogP contribution in [0.5, 0.6) is 0 Å². The molecule has 23 heavy (non-hydrogen) atoms. The Kier molecular flexibility index (Phi) is 5.65. The van der Waals surface area contributed by atoms with Crippen molar-refractivity contribution in [2.24, 2.45) is 0 Å². The zero-order chi connectivity index (χ0) is 16.8. The minimum atomic E-state index is -0.710. The smallest absolute Gasteiger partial charge is 0.272 e. The summed E-state index contributed by atoms with van der Waals surface area (Å²) in [6.45, 7) is 3.91. The lowest BCUT2D eigenvalue weighted by atomic mass is 10.0. The van der Waals surface area contributed by atoms with Crippen molar-refractivity contribution in [2.45, 2.75) is 39.0 Å². The number of amides is 1. The number of hydrogen-bond donors (Lipinski definition) is 2. The van der Waals surface area contributed by atoms with E-state index in [0.29, 0.717) is 13.0 Å². The van der Waals surface area contributed by atoms with Crippen molar-refractivity contribution in [3.63, 3.8) is 0 Å². The molecule has 1 heterocycles. The van der Waals surface area contributed by atoms with Gasteiger partial charge in [-0.25, -0.2) is 4.68 Å². The Hall–Kier alpha value is -2.47. The molecule has 0 spiro atoms.